The van der Waals surface area contributed by atoms with Crippen LogP contribution >= 0.6 is 23.2 Å². The van der Waals surface area contributed by atoms with Gasteiger partial charge in [-0.3, -0.25) is 9.52 Å². The van der Waals surface area contributed by atoms with Gasteiger partial charge in [-0.15, -0.1) is 0 Å². The lowest BCUT2D eigenvalue weighted by Crippen LogP contribution is -2.17. The number of benzene rings is 3. The molecule has 0 radical (unpaired) electrons. The molecule has 0 aliphatic carbocycles. The molecular weight excluding hydrogens is 431 g/mol. The van der Waals surface area contributed by atoms with E-state index in [0.717, 1.165) is 5.56 Å². The van der Waals surface area contributed by atoms with E-state index < -0.39 is 15.9 Å². The molecule has 0 unspecified atom stereocenters. The molecule has 3 aromatic carbocycles. The molecule has 0 saturated carbocycles. The van der Waals surface area contributed by atoms with Crippen molar-refractivity contribution in [2.75, 3.05) is 10.0 Å². The molecule has 0 aromatic heterocycles. The average molecular weight is 449 g/mol. The molecule has 8 heteroatoms. The zero-order valence-corrected chi connectivity index (χ0v) is 18.0. The molecule has 3 rings (SSSR count). The molecule has 0 aliphatic rings. The Morgan fingerprint density at radius 3 is 2.38 bits per heavy atom. The van der Waals surface area contributed by atoms with Crippen LogP contribution in [0.25, 0.3) is 0 Å². The molecule has 0 fully saturated rings. The zero-order chi connectivity index (χ0) is 21.2. The number of carbonyl (C=O) groups is 1. The molecule has 3 aromatic rings. The number of aryl methyl sites for hydroxylation is 2. The topological polar surface area (TPSA) is 75.3 Å². The summed E-state index contributed by atoms with van der Waals surface area (Å²) in [5.74, 6) is -0.499. The molecule has 0 heterocycles. The van der Waals surface area contributed by atoms with Gasteiger partial charge in [0.2, 0.25) is 0 Å². The van der Waals surface area contributed by atoms with E-state index in [4.69, 9.17) is 23.2 Å². The molecule has 0 bridgehead atoms. The first-order chi connectivity index (χ1) is 13.7. The van der Waals surface area contributed by atoms with Crippen molar-refractivity contribution in [3.8, 4) is 0 Å². The van der Waals surface area contributed by atoms with E-state index in [0.29, 0.717) is 22.0 Å². The van der Waals surface area contributed by atoms with Gasteiger partial charge in [0, 0.05) is 11.3 Å². The van der Waals surface area contributed by atoms with E-state index in [2.05, 4.69) is 10.0 Å². The van der Waals surface area contributed by atoms with E-state index >= 15 is 0 Å². The number of amides is 1. The second-order valence-electron chi connectivity index (χ2n) is 6.51. The van der Waals surface area contributed by atoms with Gasteiger partial charge in [0.05, 0.1) is 20.6 Å². The van der Waals surface area contributed by atoms with Crippen molar-refractivity contribution < 1.29 is 13.2 Å². The van der Waals surface area contributed by atoms with Gasteiger partial charge in [-0.1, -0.05) is 47.5 Å². The second kappa shape index (κ2) is 8.45. The number of hydrogen-bond acceptors (Lipinski definition) is 3. The lowest BCUT2D eigenvalue weighted by Gasteiger charge is -2.13. The maximum atomic E-state index is 12.9. The van der Waals surface area contributed by atoms with Crippen molar-refractivity contribution in [3.05, 3.63) is 87.4 Å². The smallest absolute Gasteiger partial charge is 0.262 e. The van der Waals surface area contributed by atoms with Gasteiger partial charge in [-0.25, -0.2) is 8.42 Å². The van der Waals surface area contributed by atoms with Gasteiger partial charge >= 0.3 is 0 Å². The number of hydrogen-bond donors (Lipinski definition) is 2. The van der Waals surface area contributed by atoms with Crippen LogP contribution < -0.4 is 10.0 Å². The van der Waals surface area contributed by atoms with E-state index in [-0.39, 0.29) is 15.5 Å². The summed E-state index contributed by atoms with van der Waals surface area (Å²) in [6.07, 6.45) is 0. The maximum absolute atomic E-state index is 12.9. The quantitative estimate of drug-likeness (QED) is 0.528. The van der Waals surface area contributed by atoms with E-state index in [9.17, 15) is 13.2 Å². The summed E-state index contributed by atoms with van der Waals surface area (Å²) in [6.45, 7) is 3.54. The molecular formula is C21H18Cl2N2O3S. The van der Waals surface area contributed by atoms with E-state index in [1.807, 2.05) is 13.0 Å². The van der Waals surface area contributed by atoms with Crippen LogP contribution in [0.4, 0.5) is 11.4 Å². The molecule has 0 saturated heterocycles. The summed E-state index contributed by atoms with van der Waals surface area (Å²) in [6, 6.07) is 16.4. The normalized spacial score (nSPS) is 11.2. The average Bonchev–Trinajstić information content (AvgIpc) is 2.65. The predicted molar refractivity (Wildman–Crippen MR) is 118 cm³/mol. The van der Waals surface area contributed by atoms with Crippen LogP contribution in [0.5, 0.6) is 0 Å². The zero-order valence-electron chi connectivity index (χ0n) is 15.7. The van der Waals surface area contributed by atoms with Crippen LogP contribution in [0.2, 0.25) is 10.0 Å². The maximum Gasteiger partial charge on any atom is 0.262 e. The van der Waals surface area contributed by atoms with Crippen molar-refractivity contribution in [2.45, 2.75) is 18.7 Å². The lowest BCUT2D eigenvalue weighted by molar-refractivity contribution is 0.102. The van der Waals surface area contributed by atoms with Crippen LogP contribution in [-0.4, -0.2) is 14.3 Å². The highest BCUT2D eigenvalue weighted by atomic mass is 35.5. The Balaban J connectivity index is 1.91. The Kier molecular flexibility index (Phi) is 6.17. The van der Waals surface area contributed by atoms with E-state index in [1.165, 1.54) is 6.07 Å². The van der Waals surface area contributed by atoms with Crippen LogP contribution in [0.1, 0.15) is 21.5 Å². The Morgan fingerprint density at radius 1 is 0.931 bits per heavy atom. The van der Waals surface area contributed by atoms with Crippen LogP contribution in [0.3, 0.4) is 0 Å². The minimum atomic E-state index is -3.88. The van der Waals surface area contributed by atoms with Crippen LogP contribution in [0.15, 0.2) is 65.6 Å². The summed E-state index contributed by atoms with van der Waals surface area (Å²) in [7, 11) is -3.88. The standard InChI is InChI=1S/C21H18Cl2N2O3S/c1-13-5-3-6-16(11-13)25-29(27,28)19-12-15(10-9-14(19)2)21(26)24-18-8-4-7-17(22)20(18)23/h3-12,25H,1-2H3,(H,24,26). The SMILES string of the molecule is Cc1cccc(NS(=O)(=O)c2cc(C(=O)Nc3cccc(Cl)c3Cl)ccc2C)c1. The van der Waals surface area contributed by atoms with Gasteiger partial charge in [-0.05, 0) is 61.4 Å². The highest BCUT2D eigenvalue weighted by molar-refractivity contribution is 7.92. The number of nitrogens with one attached hydrogen (secondary N) is 2. The molecule has 0 spiro atoms. The summed E-state index contributed by atoms with van der Waals surface area (Å²) in [4.78, 5) is 12.7. The second-order valence-corrected chi connectivity index (χ2v) is 8.95. The van der Waals surface area contributed by atoms with Gasteiger partial charge in [-0.2, -0.15) is 0 Å². The minimum absolute atomic E-state index is 0.0175. The monoisotopic (exact) mass is 448 g/mol. The summed E-state index contributed by atoms with van der Waals surface area (Å²) in [5.41, 5.74) is 2.41. The molecule has 29 heavy (non-hydrogen) atoms. The third kappa shape index (κ3) is 4.90. The molecule has 150 valence electrons. The van der Waals surface area contributed by atoms with Crippen LogP contribution in [-0.2, 0) is 10.0 Å². The Morgan fingerprint density at radius 2 is 1.66 bits per heavy atom. The number of anilines is 2. The first-order valence-electron chi connectivity index (χ1n) is 8.63. The summed E-state index contributed by atoms with van der Waals surface area (Å²) >= 11 is 12.1. The third-order valence-corrected chi connectivity index (χ3v) is 6.55. The van der Waals surface area contributed by atoms with Gasteiger partial charge in [0.1, 0.15) is 0 Å². The van der Waals surface area contributed by atoms with Crippen molar-refractivity contribution in [3.63, 3.8) is 0 Å². The third-order valence-electron chi connectivity index (χ3n) is 4.21. The molecule has 1 amide bonds. The number of carbonyl (C=O) groups excluding carboxylic acids is 1. The highest BCUT2D eigenvalue weighted by Gasteiger charge is 2.20. The molecule has 2 N–H and O–H groups in total. The van der Waals surface area contributed by atoms with Crippen molar-refractivity contribution in [1.82, 2.24) is 0 Å². The fourth-order valence-electron chi connectivity index (χ4n) is 2.74. The fraction of sp³-hybridized carbons (Fsp3) is 0.0952. The predicted octanol–water partition coefficient (Wildman–Crippen LogP) is 5.66. The lowest BCUT2D eigenvalue weighted by atomic mass is 10.1. The van der Waals surface area contributed by atoms with Crippen LogP contribution in [0, 0.1) is 13.8 Å². The van der Waals surface area contributed by atoms with Crippen molar-refractivity contribution in [1.29, 1.82) is 0 Å². The summed E-state index contributed by atoms with van der Waals surface area (Å²) in [5, 5.41) is 3.17. The molecule has 0 atom stereocenters. The molecule has 0 aliphatic heterocycles. The van der Waals surface area contributed by atoms with Gasteiger partial charge < -0.3 is 5.32 Å². The number of sulfonamides is 1. The minimum Gasteiger partial charge on any atom is -0.321 e. The summed E-state index contributed by atoms with van der Waals surface area (Å²) < 4.78 is 28.3. The first kappa shape index (κ1) is 21.2. The van der Waals surface area contributed by atoms with Crippen molar-refractivity contribution >= 4 is 50.5 Å². The highest BCUT2D eigenvalue weighted by Crippen LogP contribution is 2.30. The fourth-order valence-corrected chi connectivity index (χ4v) is 4.41. The molecule has 5 nitrogen and oxygen atoms in total. The number of halogens is 2. The Bertz CT molecular complexity index is 1190. The first-order valence-corrected chi connectivity index (χ1v) is 10.9. The van der Waals surface area contributed by atoms with Crippen molar-refractivity contribution in [2.24, 2.45) is 0 Å². The number of rotatable bonds is 5. The van der Waals surface area contributed by atoms with Gasteiger partial charge in [0.15, 0.2) is 0 Å². The van der Waals surface area contributed by atoms with Gasteiger partial charge in [0.25, 0.3) is 15.9 Å². The Labute approximate surface area is 179 Å². The van der Waals surface area contributed by atoms with E-state index in [1.54, 1.807) is 55.5 Å². The largest absolute Gasteiger partial charge is 0.321 e. The Hall–Kier alpha value is -2.54.